The van der Waals surface area contributed by atoms with Crippen molar-refractivity contribution in [1.82, 2.24) is 10.2 Å². The smallest absolute Gasteiger partial charge is 0.307 e. The third-order valence-corrected chi connectivity index (χ3v) is 5.07. The van der Waals surface area contributed by atoms with Crippen molar-refractivity contribution in [2.75, 3.05) is 19.6 Å². The third-order valence-electron chi connectivity index (χ3n) is 4.70. The molecular weight excluding hydrogens is 324 g/mol. The minimum atomic E-state index is -0.688. The summed E-state index contributed by atoms with van der Waals surface area (Å²) in [6, 6.07) is 8.41. The molecule has 1 unspecified atom stereocenters. The van der Waals surface area contributed by atoms with Gasteiger partial charge in [0.25, 0.3) is 0 Å². The van der Waals surface area contributed by atoms with E-state index in [-0.39, 0.29) is 5.92 Å². The van der Waals surface area contributed by atoms with E-state index in [9.17, 15) is 9.90 Å². The van der Waals surface area contributed by atoms with E-state index >= 15 is 0 Å². The van der Waals surface area contributed by atoms with Crippen molar-refractivity contribution in [3.8, 4) is 0 Å². The van der Waals surface area contributed by atoms with Crippen molar-refractivity contribution in [2.24, 2.45) is 11.8 Å². The number of hydrogen-bond donors (Lipinski definition) is 2. The highest BCUT2D eigenvalue weighted by molar-refractivity contribution is 6.31. The number of aliphatic carboxylic acids is 1. The average Bonchev–Trinajstić information content (AvgIpc) is 2.54. The topological polar surface area (TPSA) is 52.6 Å². The van der Waals surface area contributed by atoms with Crippen LogP contribution in [0.3, 0.4) is 0 Å². The van der Waals surface area contributed by atoms with Crippen molar-refractivity contribution >= 4 is 17.6 Å². The molecule has 1 fully saturated rings. The van der Waals surface area contributed by atoms with E-state index in [0.29, 0.717) is 18.5 Å². The van der Waals surface area contributed by atoms with E-state index in [0.717, 1.165) is 43.9 Å². The highest BCUT2D eigenvalue weighted by Gasteiger charge is 2.23. The summed E-state index contributed by atoms with van der Waals surface area (Å²) in [6.07, 6.45) is 2.84. The fourth-order valence-electron chi connectivity index (χ4n) is 3.31. The number of halogens is 1. The van der Waals surface area contributed by atoms with Crippen molar-refractivity contribution in [3.63, 3.8) is 0 Å². The molecule has 0 saturated carbocycles. The normalized spacial score (nSPS) is 18.0. The molecule has 0 aromatic heterocycles. The molecular formula is C19H29ClN2O2. The van der Waals surface area contributed by atoms with E-state index in [1.54, 1.807) is 0 Å². The number of carbonyl (C=O) groups is 1. The van der Waals surface area contributed by atoms with Gasteiger partial charge >= 0.3 is 5.97 Å². The molecule has 0 radical (unpaired) electrons. The summed E-state index contributed by atoms with van der Waals surface area (Å²) in [4.78, 5) is 13.8. The number of rotatable bonds is 8. The van der Waals surface area contributed by atoms with Crippen molar-refractivity contribution < 1.29 is 9.90 Å². The van der Waals surface area contributed by atoms with Crippen LogP contribution in [0.2, 0.25) is 5.02 Å². The molecule has 1 heterocycles. The Kier molecular flexibility index (Phi) is 7.53. The van der Waals surface area contributed by atoms with Gasteiger partial charge in [0.2, 0.25) is 0 Å². The number of piperidine rings is 1. The van der Waals surface area contributed by atoms with Crippen LogP contribution in [0, 0.1) is 11.8 Å². The molecule has 2 N–H and O–H groups in total. The van der Waals surface area contributed by atoms with Crippen LogP contribution in [0.5, 0.6) is 0 Å². The number of carboxylic acid groups (broad SMARTS) is 1. The zero-order valence-electron chi connectivity index (χ0n) is 14.7. The molecule has 0 spiro atoms. The molecule has 4 nitrogen and oxygen atoms in total. The maximum Gasteiger partial charge on any atom is 0.307 e. The second-order valence-corrected chi connectivity index (χ2v) is 7.62. The summed E-state index contributed by atoms with van der Waals surface area (Å²) in [5.41, 5.74) is 1.17. The van der Waals surface area contributed by atoms with Crippen LogP contribution >= 0.6 is 11.6 Å². The first-order valence-electron chi connectivity index (χ1n) is 8.87. The van der Waals surface area contributed by atoms with Crippen LogP contribution in [0.4, 0.5) is 0 Å². The maximum atomic E-state index is 11.3. The Labute approximate surface area is 150 Å². The number of carboxylic acids is 1. The van der Waals surface area contributed by atoms with Crippen LogP contribution in [-0.4, -0.2) is 41.7 Å². The van der Waals surface area contributed by atoms with Gasteiger partial charge in [-0.1, -0.05) is 43.6 Å². The molecule has 1 aliphatic heterocycles. The Morgan fingerprint density at radius 3 is 2.58 bits per heavy atom. The molecule has 0 bridgehead atoms. The fraction of sp³-hybridized carbons (Fsp3) is 0.632. The summed E-state index contributed by atoms with van der Waals surface area (Å²) in [5, 5.41) is 13.6. The van der Waals surface area contributed by atoms with Crippen LogP contribution in [-0.2, 0) is 11.3 Å². The maximum absolute atomic E-state index is 11.3. The average molecular weight is 353 g/mol. The van der Waals surface area contributed by atoms with E-state index < -0.39 is 5.97 Å². The number of nitrogens with zero attached hydrogens (tertiary/aromatic N) is 1. The lowest BCUT2D eigenvalue weighted by molar-refractivity contribution is -0.142. The van der Waals surface area contributed by atoms with Gasteiger partial charge in [0.05, 0.1) is 5.92 Å². The summed E-state index contributed by atoms with van der Waals surface area (Å²) in [7, 11) is 0. The number of hydrogen-bond acceptors (Lipinski definition) is 3. The zero-order valence-corrected chi connectivity index (χ0v) is 15.4. The lowest BCUT2D eigenvalue weighted by atomic mass is 9.96. The number of benzene rings is 1. The second kappa shape index (κ2) is 9.40. The predicted molar refractivity (Wildman–Crippen MR) is 98.3 cm³/mol. The molecule has 1 aromatic rings. The van der Waals surface area contributed by atoms with Gasteiger partial charge in [-0.2, -0.15) is 0 Å². The molecule has 0 aliphatic carbocycles. The molecule has 2 rings (SSSR count). The van der Waals surface area contributed by atoms with Crippen LogP contribution in [0.1, 0.15) is 38.7 Å². The molecule has 1 aliphatic rings. The monoisotopic (exact) mass is 352 g/mol. The van der Waals surface area contributed by atoms with Gasteiger partial charge in [-0.05, 0) is 49.9 Å². The highest BCUT2D eigenvalue weighted by atomic mass is 35.5. The van der Waals surface area contributed by atoms with E-state index in [1.807, 2.05) is 18.2 Å². The summed E-state index contributed by atoms with van der Waals surface area (Å²) >= 11 is 6.23. The highest BCUT2D eigenvalue weighted by Crippen LogP contribution is 2.20. The van der Waals surface area contributed by atoms with E-state index in [2.05, 4.69) is 30.1 Å². The first kappa shape index (κ1) is 19.2. The Morgan fingerprint density at radius 2 is 2.00 bits per heavy atom. The molecule has 0 amide bonds. The third kappa shape index (κ3) is 6.08. The van der Waals surface area contributed by atoms with Gasteiger partial charge in [0.15, 0.2) is 0 Å². The van der Waals surface area contributed by atoms with Crippen LogP contribution in [0.25, 0.3) is 0 Å². The van der Waals surface area contributed by atoms with Crippen molar-refractivity contribution in [2.45, 2.75) is 45.7 Å². The Hall–Kier alpha value is -1.10. The summed E-state index contributed by atoms with van der Waals surface area (Å²) < 4.78 is 0. The van der Waals surface area contributed by atoms with Gasteiger partial charge < -0.3 is 10.4 Å². The second-order valence-electron chi connectivity index (χ2n) is 7.21. The lowest BCUT2D eigenvalue weighted by Gasteiger charge is -2.33. The molecule has 134 valence electrons. The van der Waals surface area contributed by atoms with Crippen molar-refractivity contribution in [1.29, 1.82) is 0 Å². The van der Waals surface area contributed by atoms with Gasteiger partial charge in [-0.3, -0.25) is 9.69 Å². The van der Waals surface area contributed by atoms with Crippen LogP contribution < -0.4 is 5.32 Å². The minimum Gasteiger partial charge on any atom is -0.481 e. The molecule has 5 heteroatoms. The molecule has 24 heavy (non-hydrogen) atoms. The quantitative estimate of drug-likeness (QED) is 0.750. The Morgan fingerprint density at radius 1 is 1.33 bits per heavy atom. The number of nitrogens with one attached hydrogen (secondary N) is 1. The standard InChI is InChI=1S/C19H29ClN2O2/c1-14(2)11-16(19(23)24)12-21-17-7-9-22(10-8-17)13-15-5-3-4-6-18(15)20/h3-6,14,16-17,21H,7-13H2,1-2H3,(H,23,24). The number of likely N-dealkylation sites (tertiary alicyclic amines) is 1. The Balaban J connectivity index is 1.74. The fourth-order valence-corrected chi connectivity index (χ4v) is 3.51. The molecule has 1 saturated heterocycles. The van der Waals surface area contributed by atoms with Gasteiger partial charge in [-0.15, -0.1) is 0 Å². The zero-order chi connectivity index (χ0) is 17.5. The lowest BCUT2D eigenvalue weighted by Crippen LogP contribution is -2.44. The first-order valence-corrected chi connectivity index (χ1v) is 9.25. The van der Waals surface area contributed by atoms with Gasteiger partial charge in [0.1, 0.15) is 0 Å². The van der Waals surface area contributed by atoms with Gasteiger partial charge in [0, 0.05) is 24.2 Å². The summed E-state index contributed by atoms with van der Waals surface area (Å²) in [5.74, 6) is -0.566. The van der Waals surface area contributed by atoms with Crippen LogP contribution in [0.15, 0.2) is 24.3 Å². The van der Waals surface area contributed by atoms with Gasteiger partial charge in [-0.25, -0.2) is 0 Å². The van der Waals surface area contributed by atoms with E-state index in [1.165, 1.54) is 5.56 Å². The van der Waals surface area contributed by atoms with E-state index in [4.69, 9.17) is 11.6 Å². The summed E-state index contributed by atoms with van der Waals surface area (Å²) in [6.45, 7) is 7.64. The Bertz CT molecular complexity index is 528. The first-order chi connectivity index (χ1) is 11.5. The molecule has 1 aromatic carbocycles. The SMILES string of the molecule is CC(C)CC(CNC1CCN(Cc2ccccc2Cl)CC1)C(=O)O. The predicted octanol–water partition coefficient (Wildman–Crippen LogP) is 3.64. The minimum absolute atomic E-state index is 0.286. The molecule has 1 atom stereocenters. The largest absolute Gasteiger partial charge is 0.481 e. The van der Waals surface area contributed by atoms with Crippen molar-refractivity contribution in [3.05, 3.63) is 34.9 Å².